The van der Waals surface area contributed by atoms with Gasteiger partial charge in [-0.2, -0.15) is 0 Å². The number of aryl methyl sites for hydroxylation is 1. The molecule has 0 atom stereocenters. The van der Waals surface area contributed by atoms with Crippen LogP contribution in [0.5, 0.6) is 0 Å². The van der Waals surface area contributed by atoms with Crippen molar-refractivity contribution in [1.29, 1.82) is 0 Å². The number of nitrogens with one attached hydrogen (secondary N) is 2. The van der Waals surface area contributed by atoms with Crippen molar-refractivity contribution in [2.24, 2.45) is 0 Å². The molecular weight excluding hydrogens is 412 g/mol. The number of aromatic nitrogens is 1. The van der Waals surface area contributed by atoms with Gasteiger partial charge in [-0.05, 0) is 61.1 Å². The third-order valence-corrected chi connectivity index (χ3v) is 5.88. The van der Waals surface area contributed by atoms with Gasteiger partial charge in [0.05, 0.1) is 5.56 Å². The van der Waals surface area contributed by atoms with Crippen LogP contribution in [-0.2, 0) is 17.8 Å². The van der Waals surface area contributed by atoms with Crippen LogP contribution in [0.25, 0.3) is 0 Å². The van der Waals surface area contributed by atoms with Crippen molar-refractivity contribution in [3.05, 3.63) is 89.7 Å². The molecule has 0 saturated carbocycles. The Morgan fingerprint density at radius 1 is 0.909 bits per heavy atom. The fraction of sp³-hybridized carbons (Fsp3) is 0.296. The molecule has 4 rings (SSSR count). The van der Waals surface area contributed by atoms with E-state index in [0.717, 1.165) is 42.7 Å². The Balaban J connectivity index is 1.47. The van der Waals surface area contributed by atoms with Gasteiger partial charge in [-0.25, -0.2) is 0 Å². The molecule has 33 heavy (non-hydrogen) atoms. The fourth-order valence-electron chi connectivity index (χ4n) is 4.11. The minimum Gasteiger partial charge on any atom is -0.371 e. The fourth-order valence-corrected chi connectivity index (χ4v) is 4.11. The molecule has 2 amide bonds. The predicted molar refractivity (Wildman–Crippen MR) is 131 cm³/mol. The molecule has 6 nitrogen and oxygen atoms in total. The molecule has 1 aliphatic rings. The number of amides is 2. The summed E-state index contributed by atoms with van der Waals surface area (Å²) in [5, 5.41) is 5.97. The van der Waals surface area contributed by atoms with E-state index < -0.39 is 0 Å². The summed E-state index contributed by atoms with van der Waals surface area (Å²) in [4.78, 5) is 32.1. The topological polar surface area (TPSA) is 74.3 Å². The van der Waals surface area contributed by atoms with E-state index >= 15 is 0 Å². The van der Waals surface area contributed by atoms with Gasteiger partial charge in [0.15, 0.2) is 0 Å². The number of rotatable bonds is 8. The Kier molecular flexibility index (Phi) is 7.69. The lowest BCUT2D eigenvalue weighted by Gasteiger charge is -2.30. The summed E-state index contributed by atoms with van der Waals surface area (Å²) in [6, 6.07) is 19.4. The highest BCUT2D eigenvalue weighted by Gasteiger charge is 2.19. The van der Waals surface area contributed by atoms with Crippen molar-refractivity contribution >= 4 is 23.2 Å². The molecule has 0 unspecified atom stereocenters. The number of nitrogens with zero attached hydrogens (tertiary/aromatic N) is 2. The summed E-state index contributed by atoms with van der Waals surface area (Å²) in [6.45, 7) is 2.27. The molecule has 1 aromatic heterocycles. The summed E-state index contributed by atoms with van der Waals surface area (Å²) < 4.78 is 0. The number of benzene rings is 2. The average Bonchev–Trinajstić information content (AvgIpc) is 2.88. The van der Waals surface area contributed by atoms with Crippen LogP contribution in [0.2, 0.25) is 0 Å². The van der Waals surface area contributed by atoms with E-state index in [4.69, 9.17) is 0 Å². The van der Waals surface area contributed by atoms with Crippen molar-refractivity contribution in [2.45, 2.75) is 38.6 Å². The van der Waals surface area contributed by atoms with Crippen LogP contribution in [0.4, 0.5) is 11.4 Å². The van der Waals surface area contributed by atoms with Gasteiger partial charge in [-0.1, -0.05) is 36.4 Å². The average molecular weight is 443 g/mol. The minimum absolute atomic E-state index is 0.0636. The molecule has 1 aliphatic heterocycles. The number of anilines is 2. The first-order valence-corrected chi connectivity index (χ1v) is 11.6. The highest BCUT2D eigenvalue weighted by molar-refractivity contribution is 6.02. The monoisotopic (exact) mass is 442 g/mol. The Bertz CT molecular complexity index is 1060. The lowest BCUT2D eigenvalue weighted by molar-refractivity contribution is -0.116. The number of piperidine rings is 1. The second-order valence-corrected chi connectivity index (χ2v) is 8.36. The molecule has 2 aromatic carbocycles. The summed E-state index contributed by atoms with van der Waals surface area (Å²) in [5.41, 5.74) is 4.21. The van der Waals surface area contributed by atoms with Gasteiger partial charge in [0.2, 0.25) is 5.91 Å². The number of carbonyl (C=O) groups excluding carboxylic acids is 2. The van der Waals surface area contributed by atoms with Crippen LogP contribution in [-0.4, -0.2) is 29.9 Å². The summed E-state index contributed by atoms with van der Waals surface area (Å²) in [7, 11) is 0. The zero-order valence-electron chi connectivity index (χ0n) is 18.8. The molecule has 0 aliphatic carbocycles. The molecule has 0 bridgehead atoms. The molecule has 6 heteroatoms. The highest BCUT2D eigenvalue weighted by atomic mass is 16.2. The van der Waals surface area contributed by atoms with Gasteiger partial charge in [0, 0.05) is 49.8 Å². The molecular formula is C27H30N4O2. The van der Waals surface area contributed by atoms with Gasteiger partial charge >= 0.3 is 0 Å². The number of hydrogen-bond donors (Lipinski definition) is 2. The van der Waals surface area contributed by atoms with Crippen LogP contribution in [0.15, 0.2) is 73.1 Å². The zero-order chi connectivity index (χ0) is 22.9. The van der Waals surface area contributed by atoms with E-state index in [1.54, 1.807) is 18.5 Å². The second kappa shape index (κ2) is 11.3. The Morgan fingerprint density at radius 2 is 1.70 bits per heavy atom. The van der Waals surface area contributed by atoms with Crippen molar-refractivity contribution in [3.63, 3.8) is 0 Å². The Hall–Kier alpha value is -3.67. The summed E-state index contributed by atoms with van der Waals surface area (Å²) in [6.07, 6.45) is 7.98. The SMILES string of the molecule is O=C(CCc1ccccc1)Nc1ccc(N2CCCCC2)c(C(=O)NCc2cccnc2)c1. The molecule has 0 radical (unpaired) electrons. The predicted octanol–water partition coefficient (Wildman–Crippen LogP) is 4.57. The summed E-state index contributed by atoms with van der Waals surface area (Å²) >= 11 is 0. The van der Waals surface area contributed by atoms with Crippen molar-refractivity contribution in [2.75, 3.05) is 23.3 Å². The molecule has 1 fully saturated rings. The highest BCUT2D eigenvalue weighted by Crippen LogP contribution is 2.27. The minimum atomic E-state index is -0.153. The van der Waals surface area contributed by atoms with Gasteiger partial charge in [0.25, 0.3) is 5.91 Å². The Labute approximate surface area is 195 Å². The van der Waals surface area contributed by atoms with Crippen molar-refractivity contribution in [1.82, 2.24) is 10.3 Å². The van der Waals surface area contributed by atoms with E-state index in [9.17, 15) is 9.59 Å². The molecule has 3 aromatic rings. The maximum Gasteiger partial charge on any atom is 0.253 e. The molecule has 0 spiro atoms. The maximum absolute atomic E-state index is 13.2. The van der Waals surface area contributed by atoms with Crippen LogP contribution in [0, 0.1) is 0 Å². The molecule has 2 heterocycles. The first-order chi connectivity index (χ1) is 16.2. The third-order valence-electron chi connectivity index (χ3n) is 5.88. The lowest BCUT2D eigenvalue weighted by atomic mass is 10.1. The van der Waals surface area contributed by atoms with Crippen molar-refractivity contribution < 1.29 is 9.59 Å². The normalized spacial score (nSPS) is 13.4. The third kappa shape index (κ3) is 6.42. The van der Waals surface area contributed by atoms with E-state index in [2.05, 4.69) is 20.5 Å². The van der Waals surface area contributed by atoms with Gasteiger partial charge in [0.1, 0.15) is 0 Å². The van der Waals surface area contributed by atoms with E-state index in [1.807, 2.05) is 54.6 Å². The van der Waals surface area contributed by atoms with Gasteiger partial charge in [-0.15, -0.1) is 0 Å². The summed E-state index contributed by atoms with van der Waals surface area (Å²) in [5.74, 6) is -0.217. The Morgan fingerprint density at radius 3 is 2.45 bits per heavy atom. The van der Waals surface area contributed by atoms with Gasteiger partial charge in [-0.3, -0.25) is 14.6 Å². The smallest absolute Gasteiger partial charge is 0.253 e. The largest absolute Gasteiger partial charge is 0.371 e. The first-order valence-electron chi connectivity index (χ1n) is 11.6. The standard InChI is InChI=1S/C27H30N4O2/c32-26(14-11-21-8-3-1-4-9-21)30-23-12-13-25(31-16-5-2-6-17-31)24(18-23)27(33)29-20-22-10-7-15-28-19-22/h1,3-4,7-10,12-13,15,18-19H,2,5-6,11,14,16-17,20H2,(H,29,33)(H,30,32). The zero-order valence-corrected chi connectivity index (χ0v) is 18.8. The first kappa shape index (κ1) is 22.5. The van der Waals surface area contributed by atoms with Crippen LogP contribution in [0.1, 0.15) is 47.2 Å². The van der Waals surface area contributed by atoms with Crippen LogP contribution < -0.4 is 15.5 Å². The molecule has 170 valence electrons. The number of hydrogen-bond acceptors (Lipinski definition) is 4. The molecule has 2 N–H and O–H groups in total. The van der Waals surface area contributed by atoms with Crippen LogP contribution >= 0.6 is 0 Å². The van der Waals surface area contributed by atoms with Crippen LogP contribution in [0.3, 0.4) is 0 Å². The molecule has 1 saturated heterocycles. The maximum atomic E-state index is 13.2. The van der Waals surface area contributed by atoms with E-state index in [-0.39, 0.29) is 11.8 Å². The van der Waals surface area contributed by atoms with Crippen molar-refractivity contribution in [3.8, 4) is 0 Å². The second-order valence-electron chi connectivity index (χ2n) is 8.36. The quantitative estimate of drug-likeness (QED) is 0.536. The lowest BCUT2D eigenvalue weighted by Crippen LogP contribution is -2.32. The number of carbonyl (C=O) groups is 2. The van der Waals surface area contributed by atoms with E-state index in [1.165, 1.54) is 6.42 Å². The van der Waals surface area contributed by atoms with Gasteiger partial charge < -0.3 is 15.5 Å². The number of pyridine rings is 1. The van der Waals surface area contributed by atoms with E-state index in [0.29, 0.717) is 30.6 Å².